The van der Waals surface area contributed by atoms with E-state index in [-0.39, 0.29) is 5.91 Å². The Balaban J connectivity index is 2.46. The third kappa shape index (κ3) is 5.77. The quantitative estimate of drug-likeness (QED) is 0.730. The zero-order valence-corrected chi connectivity index (χ0v) is 12.4. The van der Waals surface area contributed by atoms with Crippen molar-refractivity contribution in [3.05, 3.63) is 29.8 Å². The van der Waals surface area contributed by atoms with Crippen LogP contribution in [0.4, 0.5) is 5.69 Å². The summed E-state index contributed by atoms with van der Waals surface area (Å²) in [5.74, 6) is 0.111. The summed E-state index contributed by atoms with van der Waals surface area (Å²) in [6.07, 6.45) is 3.43. The largest absolute Gasteiger partial charge is 0.362 e. The van der Waals surface area contributed by atoms with Gasteiger partial charge in [-0.25, -0.2) is 0 Å². The van der Waals surface area contributed by atoms with Crippen molar-refractivity contribution in [2.24, 2.45) is 0 Å². The minimum atomic E-state index is 0.111. The van der Waals surface area contributed by atoms with E-state index >= 15 is 0 Å². The molecule has 0 fully saturated rings. The molecule has 1 amide bonds. The predicted octanol–water partition coefficient (Wildman–Crippen LogP) is 3.13. The summed E-state index contributed by atoms with van der Waals surface area (Å²) in [4.78, 5) is 14.0. The summed E-state index contributed by atoms with van der Waals surface area (Å²) in [6.45, 7) is 8.38. The minimum Gasteiger partial charge on any atom is -0.362 e. The van der Waals surface area contributed by atoms with Gasteiger partial charge >= 0.3 is 0 Å². The molecule has 0 unspecified atom stereocenters. The second-order valence-electron chi connectivity index (χ2n) is 4.91. The maximum absolute atomic E-state index is 11.9. The molecule has 1 N–H and O–H groups in total. The van der Waals surface area contributed by atoms with Crippen LogP contribution in [-0.4, -0.2) is 25.5 Å². The number of hydrogen-bond donors (Lipinski definition) is 1. The van der Waals surface area contributed by atoms with E-state index in [4.69, 9.17) is 0 Å². The van der Waals surface area contributed by atoms with E-state index < -0.39 is 0 Å². The van der Waals surface area contributed by atoms with Crippen LogP contribution >= 0.6 is 0 Å². The summed E-state index contributed by atoms with van der Waals surface area (Å²) in [7, 11) is 0. The van der Waals surface area contributed by atoms with E-state index in [0.29, 0.717) is 6.54 Å². The second kappa shape index (κ2) is 8.57. The number of nitrogens with one attached hydrogen (secondary N) is 1. The van der Waals surface area contributed by atoms with Gasteiger partial charge in [0.1, 0.15) is 0 Å². The molecular formula is C16H26N2O. The summed E-state index contributed by atoms with van der Waals surface area (Å²) < 4.78 is 0. The first-order valence-corrected chi connectivity index (χ1v) is 7.25. The van der Waals surface area contributed by atoms with E-state index in [1.807, 2.05) is 6.07 Å². The van der Waals surface area contributed by atoms with E-state index in [0.717, 1.165) is 25.2 Å². The number of rotatable bonds is 8. The molecule has 0 spiro atoms. The molecule has 0 radical (unpaired) electrons. The Morgan fingerprint density at radius 3 is 2.68 bits per heavy atom. The molecule has 0 saturated carbocycles. The summed E-state index contributed by atoms with van der Waals surface area (Å²) in [5.41, 5.74) is 2.34. The third-order valence-electron chi connectivity index (χ3n) is 3.19. The van der Waals surface area contributed by atoms with Crippen molar-refractivity contribution in [3.63, 3.8) is 0 Å². The summed E-state index contributed by atoms with van der Waals surface area (Å²) >= 11 is 0. The number of carbonyl (C=O) groups is 1. The Morgan fingerprint density at radius 2 is 2.05 bits per heavy atom. The van der Waals surface area contributed by atoms with Gasteiger partial charge in [0.15, 0.2) is 0 Å². The maximum Gasteiger partial charge on any atom is 0.239 e. The Hall–Kier alpha value is -1.51. The van der Waals surface area contributed by atoms with Gasteiger partial charge < -0.3 is 10.2 Å². The number of aryl methyl sites for hydroxylation is 1. The van der Waals surface area contributed by atoms with Gasteiger partial charge in [-0.3, -0.25) is 4.79 Å². The summed E-state index contributed by atoms with van der Waals surface area (Å²) in [6, 6.07) is 8.28. The standard InChI is InChI=1S/C16H26N2O/c1-4-6-7-11-17-16(19)13-18(5-2)15-10-8-9-14(3)12-15/h8-10,12H,4-7,11,13H2,1-3H3,(H,17,19). The molecule has 0 aliphatic rings. The molecule has 19 heavy (non-hydrogen) atoms. The van der Waals surface area contributed by atoms with Crippen LogP contribution < -0.4 is 10.2 Å². The first kappa shape index (κ1) is 15.5. The molecule has 0 heterocycles. The molecule has 3 nitrogen and oxygen atoms in total. The Kier molecular flexibility index (Phi) is 7.01. The lowest BCUT2D eigenvalue weighted by Gasteiger charge is -2.22. The normalized spacial score (nSPS) is 10.3. The van der Waals surface area contributed by atoms with Crippen LogP contribution in [0.3, 0.4) is 0 Å². The van der Waals surface area contributed by atoms with Crippen LogP contribution in [0.5, 0.6) is 0 Å². The van der Waals surface area contributed by atoms with Gasteiger partial charge in [0.25, 0.3) is 0 Å². The summed E-state index contributed by atoms with van der Waals surface area (Å²) in [5, 5.41) is 2.99. The molecule has 0 aliphatic carbocycles. The number of amides is 1. The van der Waals surface area contributed by atoms with Crippen molar-refractivity contribution in [2.75, 3.05) is 24.5 Å². The average Bonchev–Trinajstić information content (AvgIpc) is 2.41. The van der Waals surface area contributed by atoms with Gasteiger partial charge in [0.2, 0.25) is 5.91 Å². The second-order valence-corrected chi connectivity index (χ2v) is 4.91. The molecule has 3 heteroatoms. The Labute approximate surface area is 117 Å². The molecule has 0 aromatic heterocycles. The minimum absolute atomic E-state index is 0.111. The molecule has 0 bridgehead atoms. The van der Waals surface area contributed by atoms with E-state index in [1.165, 1.54) is 18.4 Å². The van der Waals surface area contributed by atoms with Crippen LogP contribution in [0.1, 0.15) is 38.7 Å². The Bertz CT molecular complexity index is 390. The van der Waals surface area contributed by atoms with Gasteiger partial charge in [0.05, 0.1) is 6.54 Å². The monoisotopic (exact) mass is 262 g/mol. The third-order valence-corrected chi connectivity index (χ3v) is 3.19. The van der Waals surface area contributed by atoms with Crippen LogP contribution in [0, 0.1) is 6.92 Å². The first-order valence-electron chi connectivity index (χ1n) is 7.25. The zero-order valence-electron chi connectivity index (χ0n) is 12.4. The highest BCUT2D eigenvalue weighted by atomic mass is 16.2. The van der Waals surface area contributed by atoms with Crippen molar-refractivity contribution < 1.29 is 4.79 Å². The average molecular weight is 262 g/mol. The molecule has 1 rings (SSSR count). The van der Waals surface area contributed by atoms with Crippen molar-refractivity contribution in [1.29, 1.82) is 0 Å². The molecule has 1 aromatic rings. The lowest BCUT2D eigenvalue weighted by Crippen LogP contribution is -2.37. The Morgan fingerprint density at radius 1 is 1.26 bits per heavy atom. The SMILES string of the molecule is CCCCCNC(=O)CN(CC)c1cccc(C)c1. The van der Waals surface area contributed by atoms with Crippen LogP contribution in [0.15, 0.2) is 24.3 Å². The maximum atomic E-state index is 11.9. The predicted molar refractivity (Wildman–Crippen MR) is 81.6 cm³/mol. The lowest BCUT2D eigenvalue weighted by molar-refractivity contribution is -0.119. The van der Waals surface area contributed by atoms with Gasteiger partial charge in [0, 0.05) is 18.8 Å². The lowest BCUT2D eigenvalue weighted by atomic mass is 10.2. The van der Waals surface area contributed by atoms with Crippen molar-refractivity contribution in [2.45, 2.75) is 40.0 Å². The fourth-order valence-corrected chi connectivity index (χ4v) is 2.04. The van der Waals surface area contributed by atoms with Gasteiger partial charge in [-0.05, 0) is 38.0 Å². The van der Waals surface area contributed by atoms with E-state index in [9.17, 15) is 4.79 Å². The molecule has 0 atom stereocenters. The first-order chi connectivity index (χ1) is 9.17. The highest BCUT2D eigenvalue weighted by Gasteiger charge is 2.09. The number of carbonyl (C=O) groups excluding carboxylic acids is 1. The number of benzene rings is 1. The van der Waals surface area contributed by atoms with E-state index in [2.05, 4.69) is 49.2 Å². The smallest absolute Gasteiger partial charge is 0.239 e. The molecule has 1 aromatic carbocycles. The molecule has 0 saturated heterocycles. The van der Waals surface area contributed by atoms with Crippen LogP contribution in [0.25, 0.3) is 0 Å². The number of nitrogens with zero attached hydrogens (tertiary/aromatic N) is 1. The van der Waals surface area contributed by atoms with Crippen molar-refractivity contribution >= 4 is 11.6 Å². The number of anilines is 1. The highest BCUT2D eigenvalue weighted by Crippen LogP contribution is 2.15. The number of hydrogen-bond acceptors (Lipinski definition) is 2. The van der Waals surface area contributed by atoms with E-state index in [1.54, 1.807) is 0 Å². The van der Waals surface area contributed by atoms with Crippen LogP contribution in [0.2, 0.25) is 0 Å². The number of unbranched alkanes of at least 4 members (excludes halogenated alkanes) is 2. The van der Waals surface area contributed by atoms with Gasteiger partial charge in [-0.1, -0.05) is 31.9 Å². The molecule has 106 valence electrons. The zero-order chi connectivity index (χ0) is 14.1. The van der Waals surface area contributed by atoms with Crippen LogP contribution in [-0.2, 0) is 4.79 Å². The highest BCUT2D eigenvalue weighted by molar-refractivity contribution is 5.81. The van der Waals surface area contributed by atoms with Gasteiger partial charge in [-0.2, -0.15) is 0 Å². The van der Waals surface area contributed by atoms with Gasteiger partial charge in [-0.15, -0.1) is 0 Å². The molecule has 0 aliphatic heterocycles. The molecular weight excluding hydrogens is 236 g/mol. The topological polar surface area (TPSA) is 32.3 Å². The van der Waals surface area contributed by atoms with Crippen molar-refractivity contribution in [3.8, 4) is 0 Å². The fourth-order valence-electron chi connectivity index (χ4n) is 2.04. The van der Waals surface area contributed by atoms with Crippen molar-refractivity contribution in [1.82, 2.24) is 5.32 Å². The fraction of sp³-hybridized carbons (Fsp3) is 0.562. The number of likely N-dealkylation sites (N-methyl/N-ethyl adjacent to an activating group) is 1.